The summed E-state index contributed by atoms with van der Waals surface area (Å²) in [5, 5.41) is 2.87. The van der Waals surface area contributed by atoms with Crippen LogP contribution in [0.5, 0.6) is 11.5 Å². The van der Waals surface area contributed by atoms with Crippen LogP contribution in [0.15, 0.2) is 47.4 Å². The molecule has 5 heteroatoms. The molecular weight excluding hydrogens is 286 g/mol. The Morgan fingerprint density at radius 3 is 2.29 bits per heavy atom. The maximum atomic E-state index is 12.3. The number of benzene rings is 2. The zero-order chi connectivity index (χ0) is 15.2. The van der Waals surface area contributed by atoms with Gasteiger partial charge in [-0.25, -0.2) is 0 Å². The Morgan fingerprint density at radius 2 is 1.71 bits per heavy atom. The van der Waals surface area contributed by atoms with E-state index in [1.165, 1.54) is 0 Å². The van der Waals surface area contributed by atoms with Crippen molar-refractivity contribution < 1.29 is 14.3 Å². The molecule has 1 N–H and O–H groups in total. The number of amides is 1. The lowest BCUT2D eigenvalue weighted by Gasteiger charge is -2.10. The van der Waals surface area contributed by atoms with Gasteiger partial charge in [0.1, 0.15) is 11.5 Å². The first-order chi connectivity index (χ1) is 10.2. The SMILES string of the molecule is COc1cc(OC)cc(C(=O)Nc2cccc(SC)c2)c1. The van der Waals surface area contributed by atoms with Crippen LogP contribution in [0.25, 0.3) is 0 Å². The first-order valence-corrected chi connectivity index (χ1v) is 7.57. The minimum Gasteiger partial charge on any atom is -0.497 e. The summed E-state index contributed by atoms with van der Waals surface area (Å²) in [5.41, 5.74) is 1.24. The van der Waals surface area contributed by atoms with Crippen LogP contribution in [0.1, 0.15) is 10.4 Å². The number of anilines is 1. The zero-order valence-electron chi connectivity index (χ0n) is 12.2. The second kappa shape index (κ2) is 7.04. The average Bonchev–Trinajstić information content (AvgIpc) is 2.54. The van der Waals surface area contributed by atoms with Crippen molar-refractivity contribution in [1.82, 2.24) is 0 Å². The Balaban J connectivity index is 2.23. The molecule has 0 aromatic heterocycles. The van der Waals surface area contributed by atoms with Crippen molar-refractivity contribution >= 4 is 23.4 Å². The molecule has 110 valence electrons. The number of hydrogen-bond acceptors (Lipinski definition) is 4. The number of nitrogens with one attached hydrogen (secondary N) is 1. The molecule has 0 saturated heterocycles. The summed E-state index contributed by atoms with van der Waals surface area (Å²) in [4.78, 5) is 13.4. The zero-order valence-corrected chi connectivity index (χ0v) is 13.0. The molecule has 1 amide bonds. The van der Waals surface area contributed by atoms with Gasteiger partial charge in [-0.1, -0.05) is 6.07 Å². The molecular formula is C16H17NO3S. The van der Waals surface area contributed by atoms with Gasteiger partial charge in [-0.15, -0.1) is 11.8 Å². The van der Waals surface area contributed by atoms with Crippen molar-refractivity contribution in [2.45, 2.75) is 4.90 Å². The second-order valence-corrected chi connectivity index (χ2v) is 5.17. The number of thioether (sulfide) groups is 1. The lowest BCUT2D eigenvalue weighted by atomic mass is 10.2. The van der Waals surface area contributed by atoms with E-state index in [0.717, 1.165) is 10.6 Å². The molecule has 2 aromatic carbocycles. The smallest absolute Gasteiger partial charge is 0.255 e. The van der Waals surface area contributed by atoms with Crippen molar-refractivity contribution in [2.75, 3.05) is 25.8 Å². The Hall–Kier alpha value is -2.14. The highest BCUT2D eigenvalue weighted by atomic mass is 32.2. The fraction of sp³-hybridized carbons (Fsp3) is 0.188. The standard InChI is InChI=1S/C16H17NO3S/c1-19-13-7-11(8-14(10-13)20-2)16(18)17-12-5-4-6-15(9-12)21-3/h4-10H,1-3H3,(H,17,18). The van der Waals surface area contributed by atoms with Crippen molar-refractivity contribution in [1.29, 1.82) is 0 Å². The predicted molar refractivity (Wildman–Crippen MR) is 85.7 cm³/mol. The highest BCUT2D eigenvalue weighted by Gasteiger charge is 2.10. The molecule has 0 saturated carbocycles. The largest absolute Gasteiger partial charge is 0.497 e. The number of carbonyl (C=O) groups is 1. The highest BCUT2D eigenvalue weighted by Crippen LogP contribution is 2.24. The predicted octanol–water partition coefficient (Wildman–Crippen LogP) is 3.68. The van der Waals surface area contributed by atoms with E-state index in [9.17, 15) is 4.79 Å². The minimum atomic E-state index is -0.203. The van der Waals surface area contributed by atoms with Gasteiger partial charge in [0, 0.05) is 22.2 Å². The lowest BCUT2D eigenvalue weighted by molar-refractivity contribution is 0.102. The van der Waals surface area contributed by atoms with Gasteiger partial charge in [-0.3, -0.25) is 4.79 Å². The molecule has 0 spiro atoms. The van der Waals surface area contributed by atoms with Crippen LogP contribution < -0.4 is 14.8 Å². The second-order valence-electron chi connectivity index (χ2n) is 4.29. The third kappa shape index (κ3) is 3.92. The topological polar surface area (TPSA) is 47.6 Å². The summed E-state index contributed by atoms with van der Waals surface area (Å²) >= 11 is 1.63. The van der Waals surface area contributed by atoms with Crippen molar-refractivity contribution in [3.63, 3.8) is 0 Å². The summed E-state index contributed by atoms with van der Waals surface area (Å²) in [5.74, 6) is 0.959. The first-order valence-electron chi connectivity index (χ1n) is 6.34. The van der Waals surface area contributed by atoms with Gasteiger partial charge in [0.15, 0.2) is 0 Å². The number of ether oxygens (including phenoxy) is 2. The van der Waals surface area contributed by atoms with Crippen LogP contribution in [0.3, 0.4) is 0 Å². The monoisotopic (exact) mass is 303 g/mol. The molecule has 0 aliphatic heterocycles. The summed E-state index contributed by atoms with van der Waals surface area (Å²) in [6.45, 7) is 0. The maximum Gasteiger partial charge on any atom is 0.255 e. The average molecular weight is 303 g/mol. The first kappa shape index (κ1) is 15.3. The van der Waals surface area contributed by atoms with E-state index in [1.54, 1.807) is 44.2 Å². The van der Waals surface area contributed by atoms with Crippen LogP contribution in [0, 0.1) is 0 Å². The van der Waals surface area contributed by atoms with Crippen molar-refractivity contribution in [2.24, 2.45) is 0 Å². The molecule has 0 heterocycles. The van der Waals surface area contributed by atoms with Gasteiger partial charge in [-0.05, 0) is 36.6 Å². The maximum absolute atomic E-state index is 12.3. The van der Waals surface area contributed by atoms with Crippen LogP contribution in [0.4, 0.5) is 5.69 Å². The van der Waals surface area contributed by atoms with E-state index in [2.05, 4.69) is 5.32 Å². The van der Waals surface area contributed by atoms with Gasteiger partial charge in [0.25, 0.3) is 5.91 Å². The third-order valence-corrected chi connectivity index (χ3v) is 3.67. The fourth-order valence-corrected chi connectivity index (χ4v) is 2.30. The molecule has 0 unspecified atom stereocenters. The summed E-state index contributed by atoms with van der Waals surface area (Å²) in [6.07, 6.45) is 1.99. The van der Waals surface area contributed by atoms with Gasteiger partial charge in [0.05, 0.1) is 14.2 Å². The van der Waals surface area contributed by atoms with Gasteiger partial charge in [-0.2, -0.15) is 0 Å². The molecule has 2 aromatic rings. The molecule has 0 fully saturated rings. The molecule has 0 aliphatic carbocycles. The molecule has 4 nitrogen and oxygen atoms in total. The Kier molecular flexibility index (Phi) is 5.11. The molecule has 2 rings (SSSR count). The van der Waals surface area contributed by atoms with Crippen LogP contribution in [-0.4, -0.2) is 26.4 Å². The normalized spacial score (nSPS) is 10.0. The minimum absolute atomic E-state index is 0.203. The van der Waals surface area contributed by atoms with Gasteiger partial charge >= 0.3 is 0 Å². The van der Waals surface area contributed by atoms with E-state index in [0.29, 0.717) is 17.1 Å². The van der Waals surface area contributed by atoms with Crippen LogP contribution in [-0.2, 0) is 0 Å². The Bertz CT molecular complexity index is 621. The summed E-state index contributed by atoms with van der Waals surface area (Å²) in [6, 6.07) is 12.8. The Labute approximate surface area is 128 Å². The van der Waals surface area contributed by atoms with E-state index in [1.807, 2.05) is 30.5 Å². The van der Waals surface area contributed by atoms with E-state index in [4.69, 9.17) is 9.47 Å². The number of hydrogen-bond donors (Lipinski definition) is 1. The lowest BCUT2D eigenvalue weighted by Crippen LogP contribution is -2.12. The molecule has 21 heavy (non-hydrogen) atoms. The third-order valence-electron chi connectivity index (χ3n) is 2.94. The molecule has 0 atom stereocenters. The Morgan fingerprint density at radius 1 is 1.05 bits per heavy atom. The molecule has 0 bridgehead atoms. The summed E-state index contributed by atoms with van der Waals surface area (Å²) in [7, 11) is 3.11. The van der Waals surface area contributed by atoms with E-state index >= 15 is 0 Å². The van der Waals surface area contributed by atoms with E-state index < -0.39 is 0 Å². The number of rotatable bonds is 5. The highest BCUT2D eigenvalue weighted by molar-refractivity contribution is 7.98. The summed E-state index contributed by atoms with van der Waals surface area (Å²) < 4.78 is 10.3. The van der Waals surface area contributed by atoms with Crippen LogP contribution in [0.2, 0.25) is 0 Å². The fourth-order valence-electron chi connectivity index (χ4n) is 1.84. The number of methoxy groups -OCH3 is 2. The van der Waals surface area contributed by atoms with Gasteiger partial charge in [0.2, 0.25) is 0 Å². The quantitative estimate of drug-likeness (QED) is 0.856. The van der Waals surface area contributed by atoms with Crippen molar-refractivity contribution in [3.05, 3.63) is 48.0 Å². The molecule has 0 aliphatic rings. The number of carbonyl (C=O) groups excluding carboxylic acids is 1. The van der Waals surface area contributed by atoms with Gasteiger partial charge < -0.3 is 14.8 Å². The molecule has 0 radical (unpaired) electrons. The van der Waals surface area contributed by atoms with Crippen LogP contribution >= 0.6 is 11.8 Å². The van der Waals surface area contributed by atoms with E-state index in [-0.39, 0.29) is 5.91 Å². The van der Waals surface area contributed by atoms with Crippen molar-refractivity contribution in [3.8, 4) is 11.5 Å².